The van der Waals surface area contributed by atoms with Gasteiger partial charge < -0.3 is 4.90 Å². The van der Waals surface area contributed by atoms with Crippen LogP contribution in [0.3, 0.4) is 0 Å². The van der Waals surface area contributed by atoms with Crippen molar-refractivity contribution in [2.75, 3.05) is 14.1 Å². The summed E-state index contributed by atoms with van der Waals surface area (Å²) in [6.07, 6.45) is 3.00. The zero-order valence-electron chi connectivity index (χ0n) is 9.66. The molecule has 0 heterocycles. The lowest BCUT2D eigenvalue weighted by Gasteiger charge is -2.05. The molecule has 0 saturated heterocycles. The van der Waals surface area contributed by atoms with Crippen LogP contribution in [0.1, 0.15) is 5.56 Å². The summed E-state index contributed by atoms with van der Waals surface area (Å²) in [7, 11) is 3.48. The molecule has 0 atom stereocenters. The number of rotatable bonds is 4. The van der Waals surface area contributed by atoms with E-state index >= 15 is 0 Å². The molecule has 0 aliphatic carbocycles. The molecule has 1 aromatic rings. The molecule has 0 aromatic heterocycles. The highest BCUT2D eigenvalue weighted by Gasteiger charge is 2.21. The zero-order valence-corrected chi connectivity index (χ0v) is 10.4. The van der Waals surface area contributed by atoms with Crippen LogP contribution in [0, 0.1) is 20.2 Å². The molecule has 1 aromatic carbocycles. The van der Waals surface area contributed by atoms with Crippen molar-refractivity contribution >= 4 is 29.1 Å². The summed E-state index contributed by atoms with van der Waals surface area (Å²) in [5, 5.41) is 21.4. The number of hydrogen-bond donors (Lipinski definition) is 0. The van der Waals surface area contributed by atoms with Gasteiger partial charge in [0.2, 0.25) is 0 Å². The second-order valence-corrected chi connectivity index (χ2v) is 4.06. The average Bonchev–Trinajstić information content (AvgIpc) is 2.25. The second-order valence-electron chi connectivity index (χ2n) is 3.65. The number of nitro groups is 2. The predicted octanol–water partition coefficient (Wildman–Crippen LogP) is 2.69. The Hall–Kier alpha value is -2.15. The molecule has 0 aliphatic rings. The fraction of sp³-hybridized carbons (Fsp3) is 0.200. The van der Waals surface area contributed by atoms with Crippen LogP contribution < -0.4 is 0 Å². The Kier molecular flexibility index (Phi) is 4.22. The normalized spacial score (nSPS) is 10.6. The highest BCUT2D eigenvalue weighted by molar-refractivity contribution is 6.32. The number of nitro benzene ring substituents is 2. The summed E-state index contributed by atoms with van der Waals surface area (Å²) in [5.41, 5.74) is -0.665. The van der Waals surface area contributed by atoms with Gasteiger partial charge in [-0.2, -0.15) is 0 Å². The van der Waals surface area contributed by atoms with Crippen LogP contribution in [0.15, 0.2) is 18.3 Å². The molecular formula is C10H10ClN3O4. The standard InChI is InChI=1S/C10H10ClN3O4/c1-12(2)4-3-8-9(11)5-7(13(15)16)6-10(8)14(17)18/h3-6H,1-2H3. The van der Waals surface area contributed by atoms with Crippen LogP contribution in [-0.4, -0.2) is 28.8 Å². The Morgan fingerprint density at radius 3 is 2.28 bits per heavy atom. The van der Waals surface area contributed by atoms with Crippen molar-refractivity contribution in [2.45, 2.75) is 0 Å². The van der Waals surface area contributed by atoms with Crippen molar-refractivity contribution in [1.82, 2.24) is 4.90 Å². The number of benzene rings is 1. The van der Waals surface area contributed by atoms with Gasteiger partial charge in [0.1, 0.15) is 0 Å². The van der Waals surface area contributed by atoms with Gasteiger partial charge in [0.05, 0.1) is 26.5 Å². The van der Waals surface area contributed by atoms with Gasteiger partial charge in [-0.15, -0.1) is 0 Å². The molecule has 18 heavy (non-hydrogen) atoms. The summed E-state index contributed by atoms with van der Waals surface area (Å²) < 4.78 is 0. The molecule has 1 rings (SSSR count). The molecule has 0 N–H and O–H groups in total. The van der Waals surface area contributed by atoms with Gasteiger partial charge in [0.15, 0.2) is 0 Å². The number of hydrogen-bond acceptors (Lipinski definition) is 5. The van der Waals surface area contributed by atoms with Gasteiger partial charge in [-0.3, -0.25) is 20.2 Å². The smallest absolute Gasteiger partial charge is 0.285 e. The highest BCUT2D eigenvalue weighted by Crippen LogP contribution is 2.32. The van der Waals surface area contributed by atoms with E-state index in [9.17, 15) is 20.2 Å². The molecule has 0 fully saturated rings. The van der Waals surface area contributed by atoms with E-state index in [-0.39, 0.29) is 10.6 Å². The molecule has 0 unspecified atom stereocenters. The molecule has 0 radical (unpaired) electrons. The maximum atomic E-state index is 10.9. The molecule has 0 bridgehead atoms. The van der Waals surface area contributed by atoms with Crippen LogP contribution in [0.4, 0.5) is 11.4 Å². The third kappa shape index (κ3) is 3.17. The monoisotopic (exact) mass is 271 g/mol. The largest absolute Gasteiger partial charge is 0.383 e. The lowest BCUT2D eigenvalue weighted by molar-refractivity contribution is -0.394. The van der Waals surface area contributed by atoms with E-state index in [0.717, 1.165) is 12.1 Å². The minimum absolute atomic E-state index is 0.0333. The van der Waals surface area contributed by atoms with Gasteiger partial charge in [-0.25, -0.2) is 0 Å². The van der Waals surface area contributed by atoms with E-state index in [0.29, 0.717) is 0 Å². The molecule has 0 amide bonds. The molecule has 8 heteroatoms. The van der Waals surface area contributed by atoms with E-state index in [1.54, 1.807) is 25.2 Å². The lowest BCUT2D eigenvalue weighted by atomic mass is 10.1. The summed E-state index contributed by atoms with van der Waals surface area (Å²) in [6.45, 7) is 0. The zero-order chi connectivity index (χ0) is 13.9. The van der Waals surface area contributed by atoms with Crippen LogP contribution in [0.25, 0.3) is 6.08 Å². The molecule has 7 nitrogen and oxygen atoms in total. The third-order valence-corrected chi connectivity index (χ3v) is 2.35. The number of nitrogens with zero attached hydrogens (tertiary/aromatic N) is 3. The van der Waals surface area contributed by atoms with Crippen molar-refractivity contribution in [3.63, 3.8) is 0 Å². The van der Waals surface area contributed by atoms with Crippen molar-refractivity contribution < 1.29 is 9.85 Å². The van der Waals surface area contributed by atoms with E-state index in [4.69, 9.17) is 11.6 Å². The molecule has 0 saturated carbocycles. The predicted molar refractivity (Wildman–Crippen MR) is 67.5 cm³/mol. The Balaban J connectivity index is 3.41. The summed E-state index contributed by atoms with van der Waals surface area (Å²) in [6, 6.07) is 1.98. The fourth-order valence-corrected chi connectivity index (χ4v) is 1.51. The van der Waals surface area contributed by atoms with Gasteiger partial charge in [0.25, 0.3) is 11.4 Å². The van der Waals surface area contributed by atoms with Gasteiger partial charge in [0, 0.05) is 20.2 Å². The average molecular weight is 272 g/mol. The summed E-state index contributed by atoms with van der Waals surface area (Å²) >= 11 is 5.83. The van der Waals surface area contributed by atoms with E-state index < -0.39 is 21.2 Å². The maximum Gasteiger partial charge on any atom is 0.285 e. The Bertz CT molecular complexity index is 528. The lowest BCUT2D eigenvalue weighted by Crippen LogP contribution is -2.01. The van der Waals surface area contributed by atoms with Crippen LogP contribution in [0.2, 0.25) is 5.02 Å². The van der Waals surface area contributed by atoms with Crippen molar-refractivity contribution in [3.8, 4) is 0 Å². The summed E-state index contributed by atoms with van der Waals surface area (Å²) in [5.74, 6) is 0. The van der Waals surface area contributed by atoms with Gasteiger partial charge in [-0.1, -0.05) is 11.6 Å². The third-order valence-electron chi connectivity index (χ3n) is 2.04. The second kappa shape index (κ2) is 5.46. The molecule has 96 valence electrons. The van der Waals surface area contributed by atoms with Gasteiger partial charge in [-0.05, 0) is 12.3 Å². The first-order chi connectivity index (χ1) is 8.32. The first-order valence-corrected chi connectivity index (χ1v) is 5.17. The van der Waals surface area contributed by atoms with E-state index in [2.05, 4.69) is 0 Å². The number of halogens is 1. The summed E-state index contributed by atoms with van der Waals surface area (Å²) in [4.78, 5) is 21.7. The van der Waals surface area contributed by atoms with Crippen LogP contribution in [-0.2, 0) is 0 Å². The Labute approximate surface area is 108 Å². The quantitative estimate of drug-likeness (QED) is 0.620. The first-order valence-electron chi connectivity index (χ1n) is 4.80. The van der Waals surface area contributed by atoms with E-state index in [1.165, 1.54) is 6.08 Å². The first kappa shape index (κ1) is 13.9. The topological polar surface area (TPSA) is 89.5 Å². The molecular weight excluding hydrogens is 262 g/mol. The molecule has 0 spiro atoms. The fourth-order valence-electron chi connectivity index (χ4n) is 1.23. The van der Waals surface area contributed by atoms with Crippen molar-refractivity contribution in [2.24, 2.45) is 0 Å². The minimum atomic E-state index is -0.724. The van der Waals surface area contributed by atoms with Crippen molar-refractivity contribution in [3.05, 3.63) is 49.1 Å². The maximum absolute atomic E-state index is 10.9. The molecule has 0 aliphatic heterocycles. The highest BCUT2D eigenvalue weighted by atomic mass is 35.5. The van der Waals surface area contributed by atoms with Crippen molar-refractivity contribution in [1.29, 1.82) is 0 Å². The Morgan fingerprint density at radius 2 is 1.83 bits per heavy atom. The minimum Gasteiger partial charge on any atom is -0.383 e. The Morgan fingerprint density at radius 1 is 1.22 bits per heavy atom. The van der Waals surface area contributed by atoms with Crippen LogP contribution >= 0.6 is 11.6 Å². The van der Waals surface area contributed by atoms with E-state index in [1.807, 2.05) is 0 Å². The van der Waals surface area contributed by atoms with Gasteiger partial charge >= 0.3 is 0 Å². The van der Waals surface area contributed by atoms with Crippen LogP contribution in [0.5, 0.6) is 0 Å². The number of non-ortho nitro benzene ring substituents is 1. The SMILES string of the molecule is CN(C)C=Cc1c(Cl)cc([N+](=O)[O-])cc1[N+](=O)[O-].